The number of carbonyl (C=O) groups is 2. The summed E-state index contributed by atoms with van der Waals surface area (Å²) >= 11 is 0. The SMILES string of the molecule is O=C1CN(CCC2CCOC2)CC(=O)N1. The van der Waals surface area contributed by atoms with Crippen LogP contribution in [0.25, 0.3) is 0 Å². The number of hydrogen-bond acceptors (Lipinski definition) is 4. The molecule has 5 nitrogen and oxygen atoms in total. The Morgan fingerprint density at radius 1 is 1.33 bits per heavy atom. The van der Waals surface area contributed by atoms with Crippen molar-refractivity contribution in [2.24, 2.45) is 5.92 Å². The van der Waals surface area contributed by atoms with Gasteiger partial charge < -0.3 is 4.74 Å². The van der Waals surface area contributed by atoms with Crippen LogP contribution in [-0.4, -0.2) is 49.6 Å². The third-order valence-corrected chi connectivity index (χ3v) is 2.89. The minimum Gasteiger partial charge on any atom is -0.381 e. The Bertz CT molecular complexity index is 245. The number of piperazine rings is 1. The molecule has 0 bridgehead atoms. The number of ether oxygens (including phenoxy) is 1. The highest BCUT2D eigenvalue weighted by atomic mass is 16.5. The van der Waals surface area contributed by atoms with Gasteiger partial charge in [-0.25, -0.2) is 0 Å². The molecule has 0 aliphatic carbocycles. The zero-order valence-electron chi connectivity index (χ0n) is 8.70. The fourth-order valence-corrected chi connectivity index (χ4v) is 2.03. The third-order valence-electron chi connectivity index (χ3n) is 2.89. The lowest BCUT2D eigenvalue weighted by atomic mass is 10.0. The number of rotatable bonds is 3. The van der Waals surface area contributed by atoms with Crippen LogP contribution in [0.3, 0.4) is 0 Å². The maximum atomic E-state index is 11.1. The van der Waals surface area contributed by atoms with Gasteiger partial charge in [0.15, 0.2) is 0 Å². The van der Waals surface area contributed by atoms with Crippen molar-refractivity contribution in [3.05, 3.63) is 0 Å². The molecular weight excluding hydrogens is 196 g/mol. The van der Waals surface area contributed by atoms with Crippen molar-refractivity contribution in [3.8, 4) is 0 Å². The maximum Gasteiger partial charge on any atom is 0.240 e. The second-order valence-electron chi connectivity index (χ2n) is 4.20. The van der Waals surface area contributed by atoms with Gasteiger partial charge in [0.25, 0.3) is 0 Å². The zero-order chi connectivity index (χ0) is 10.7. The summed E-state index contributed by atoms with van der Waals surface area (Å²) in [7, 11) is 0. The molecule has 0 aromatic heterocycles. The first-order chi connectivity index (χ1) is 7.24. The average Bonchev–Trinajstić information content (AvgIpc) is 2.65. The lowest BCUT2D eigenvalue weighted by molar-refractivity contribution is -0.136. The Hall–Kier alpha value is -0.940. The minimum atomic E-state index is -0.186. The summed E-state index contributed by atoms with van der Waals surface area (Å²) < 4.78 is 5.27. The van der Waals surface area contributed by atoms with Crippen LogP contribution < -0.4 is 5.32 Å². The predicted molar refractivity (Wildman–Crippen MR) is 53.1 cm³/mol. The van der Waals surface area contributed by atoms with Crippen LogP contribution >= 0.6 is 0 Å². The molecule has 15 heavy (non-hydrogen) atoms. The Labute approximate surface area is 88.8 Å². The van der Waals surface area contributed by atoms with Gasteiger partial charge in [0, 0.05) is 13.2 Å². The molecule has 2 aliphatic heterocycles. The van der Waals surface area contributed by atoms with E-state index in [1.807, 2.05) is 4.90 Å². The maximum absolute atomic E-state index is 11.1. The van der Waals surface area contributed by atoms with Crippen LogP contribution in [0, 0.1) is 5.92 Å². The van der Waals surface area contributed by atoms with Crippen molar-refractivity contribution in [3.63, 3.8) is 0 Å². The van der Waals surface area contributed by atoms with E-state index >= 15 is 0 Å². The van der Waals surface area contributed by atoms with Crippen molar-refractivity contribution < 1.29 is 14.3 Å². The normalized spacial score (nSPS) is 28.1. The Kier molecular flexibility index (Phi) is 3.33. The fourth-order valence-electron chi connectivity index (χ4n) is 2.03. The number of amides is 2. The van der Waals surface area contributed by atoms with Gasteiger partial charge >= 0.3 is 0 Å². The number of hydrogen-bond donors (Lipinski definition) is 1. The molecular formula is C10H16N2O3. The lowest BCUT2D eigenvalue weighted by Gasteiger charge is -2.25. The van der Waals surface area contributed by atoms with Gasteiger partial charge in [0.2, 0.25) is 11.8 Å². The highest BCUT2D eigenvalue weighted by Gasteiger charge is 2.23. The topological polar surface area (TPSA) is 58.6 Å². The molecule has 2 amide bonds. The number of nitrogens with zero attached hydrogens (tertiary/aromatic N) is 1. The lowest BCUT2D eigenvalue weighted by Crippen LogP contribution is -2.51. The van der Waals surface area contributed by atoms with Crippen molar-refractivity contribution in [1.82, 2.24) is 10.2 Å². The highest BCUT2D eigenvalue weighted by Crippen LogP contribution is 2.16. The minimum absolute atomic E-state index is 0.186. The molecule has 84 valence electrons. The monoisotopic (exact) mass is 212 g/mol. The first kappa shape index (κ1) is 10.6. The summed E-state index contributed by atoms with van der Waals surface area (Å²) in [5.41, 5.74) is 0. The molecule has 2 heterocycles. The number of carbonyl (C=O) groups excluding carboxylic acids is 2. The van der Waals surface area contributed by atoms with Gasteiger partial charge in [0.1, 0.15) is 0 Å². The van der Waals surface area contributed by atoms with Crippen molar-refractivity contribution in [1.29, 1.82) is 0 Å². The van der Waals surface area contributed by atoms with E-state index in [2.05, 4.69) is 5.32 Å². The number of nitrogens with one attached hydrogen (secondary N) is 1. The first-order valence-corrected chi connectivity index (χ1v) is 5.37. The largest absolute Gasteiger partial charge is 0.381 e. The van der Waals surface area contributed by atoms with Gasteiger partial charge in [-0.05, 0) is 25.3 Å². The van der Waals surface area contributed by atoms with E-state index in [0.29, 0.717) is 19.0 Å². The first-order valence-electron chi connectivity index (χ1n) is 5.37. The summed E-state index contributed by atoms with van der Waals surface area (Å²) in [6, 6.07) is 0. The van der Waals surface area contributed by atoms with Crippen LogP contribution in [0.15, 0.2) is 0 Å². The van der Waals surface area contributed by atoms with E-state index in [0.717, 1.165) is 32.6 Å². The van der Waals surface area contributed by atoms with E-state index < -0.39 is 0 Å². The Balaban J connectivity index is 1.73. The molecule has 0 aromatic rings. The highest BCUT2D eigenvalue weighted by molar-refractivity contribution is 5.99. The molecule has 0 radical (unpaired) electrons. The summed E-state index contributed by atoms with van der Waals surface area (Å²) in [4.78, 5) is 24.1. The molecule has 2 saturated heterocycles. The van der Waals surface area contributed by atoms with Crippen molar-refractivity contribution in [2.75, 3.05) is 32.8 Å². The van der Waals surface area contributed by atoms with E-state index in [9.17, 15) is 9.59 Å². The van der Waals surface area contributed by atoms with E-state index in [4.69, 9.17) is 4.74 Å². The second kappa shape index (κ2) is 4.72. The average molecular weight is 212 g/mol. The van der Waals surface area contributed by atoms with Crippen LogP contribution in [0.2, 0.25) is 0 Å². The molecule has 0 spiro atoms. The molecule has 5 heteroatoms. The van der Waals surface area contributed by atoms with Crippen LogP contribution in [0.1, 0.15) is 12.8 Å². The Morgan fingerprint density at radius 3 is 2.67 bits per heavy atom. The van der Waals surface area contributed by atoms with Gasteiger partial charge in [-0.2, -0.15) is 0 Å². The predicted octanol–water partition coefficient (Wildman–Crippen LogP) is -0.629. The molecule has 1 atom stereocenters. The molecule has 2 fully saturated rings. The molecule has 2 aliphatic rings. The third kappa shape index (κ3) is 3.00. The van der Waals surface area contributed by atoms with E-state index in [1.165, 1.54) is 0 Å². The van der Waals surface area contributed by atoms with Crippen molar-refractivity contribution in [2.45, 2.75) is 12.8 Å². The van der Waals surface area contributed by atoms with Gasteiger partial charge in [-0.1, -0.05) is 0 Å². The van der Waals surface area contributed by atoms with Crippen LogP contribution in [0.4, 0.5) is 0 Å². The van der Waals surface area contributed by atoms with Gasteiger partial charge in [0.05, 0.1) is 13.1 Å². The molecule has 2 rings (SSSR count). The fraction of sp³-hybridized carbons (Fsp3) is 0.800. The molecule has 0 aromatic carbocycles. The Morgan fingerprint density at radius 2 is 2.07 bits per heavy atom. The quantitative estimate of drug-likeness (QED) is 0.633. The van der Waals surface area contributed by atoms with E-state index in [1.54, 1.807) is 0 Å². The van der Waals surface area contributed by atoms with Gasteiger partial charge in [-0.3, -0.25) is 19.8 Å². The van der Waals surface area contributed by atoms with Crippen LogP contribution in [0.5, 0.6) is 0 Å². The van der Waals surface area contributed by atoms with Gasteiger partial charge in [-0.15, -0.1) is 0 Å². The number of imide groups is 1. The smallest absolute Gasteiger partial charge is 0.240 e. The second-order valence-corrected chi connectivity index (χ2v) is 4.20. The van der Waals surface area contributed by atoms with Crippen molar-refractivity contribution >= 4 is 11.8 Å². The van der Waals surface area contributed by atoms with Crippen LogP contribution in [-0.2, 0) is 14.3 Å². The molecule has 0 saturated carbocycles. The summed E-state index contributed by atoms with van der Waals surface area (Å²) in [6.45, 7) is 3.18. The zero-order valence-corrected chi connectivity index (χ0v) is 8.70. The standard InChI is InChI=1S/C10H16N2O3/c13-9-5-12(6-10(14)11-9)3-1-8-2-4-15-7-8/h8H,1-7H2,(H,11,13,14). The molecule has 1 unspecified atom stereocenters. The summed E-state index contributed by atoms with van der Waals surface area (Å²) in [5.74, 6) is 0.230. The van der Waals surface area contributed by atoms with E-state index in [-0.39, 0.29) is 11.8 Å². The summed E-state index contributed by atoms with van der Waals surface area (Å²) in [5, 5.41) is 2.29. The molecule has 1 N–H and O–H groups in total. The summed E-state index contributed by atoms with van der Waals surface area (Å²) in [6.07, 6.45) is 2.12.